The number of carbonyl (C=O) groups is 3. The average molecular weight is 408 g/mol. The molecule has 0 atom stereocenters. The maximum Gasteiger partial charge on any atom is 0.272 e. The molecule has 0 spiro atoms. The Morgan fingerprint density at radius 2 is 1.54 bits per heavy atom. The van der Waals surface area contributed by atoms with Crippen LogP contribution in [0.3, 0.4) is 0 Å². The second-order valence-corrected chi connectivity index (χ2v) is 7.45. The molecule has 0 aliphatic rings. The van der Waals surface area contributed by atoms with Crippen molar-refractivity contribution >= 4 is 39.1 Å². The van der Waals surface area contributed by atoms with Crippen molar-refractivity contribution in [2.45, 2.75) is 6.92 Å². The van der Waals surface area contributed by atoms with Gasteiger partial charge in [0.15, 0.2) is 0 Å². The van der Waals surface area contributed by atoms with Crippen molar-refractivity contribution in [2.75, 3.05) is 16.3 Å². The Kier molecular flexibility index (Phi) is 6.31. The summed E-state index contributed by atoms with van der Waals surface area (Å²) in [5.74, 6) is -2.96. The second-order valence-electron chi connectivity index (χ2n) is 5.70. The Labute approximate surface area is 160 Å². The highest BCUT2D eigenvalue weighted by Crippen LogP contribution is 2.21. The van der Waals surface area contributed by atoms with Crippen LogP contribution in [0.2, 0.25) is 0 Å². The van der Waals surface area contributed by atoms with Crippen LogP contribution in [0.1, 0.15) is 27.6 Å². The third-order valence-electron chi connectivity index (χ3n) is 3.29. The first kappa shape index (κ1) is 20.8. The van der Waals surface area contributed by atoms with Gasteiger partial charge >= 0.3 is 0 Å². The van der Waals surface area contributed by atoms with Gasteiger partial charge in [0.25, 0.3) is 11.8 Å². The number of anilines is 2. The fourth-order valence-electron chi connectivity index (χ4n) is 2.20. The minimum absolute atomic E-state index is 0.0748. The van der Waals surface area contributed by atoms with Crippen molar-refractivity contribution in [2.24, 2.45) is 0 Å². The van der Waals surface area contributed by atoms with Gasteiger partial charge in [-0.15, -0.1) is 0 Å². The van der Waals surface area contributed by atoms with Crippen LogP contribution in [0, 0.1) is 5.82 Å². The van der Waals surface area contributed by atoms with Gasteiger partial charge in [-0.1, -0.05) is 12.1 Å². The summed E-state index contributed by atoms with van der Waals surface area (Å²) < 4.78 is 38.8. The molecule has 28 heavy (non-hydrogen) atoms. The molecule has 2 rings (SSSR count). The van der Waals surface area contributed by atoms with Gasteiger partial charge in [-0.3, -0.25) is 30.0 Å². The van der Waals surface area contributed by atoms with Gasteiger partial charge in [-0.05, 0) is 30.3 Å². The molecule has 2 aromatic carbocycles. The maximum absolute atomic E-state index is 13.6. The Morgan fingerprint density at radius 3 is 2.11 bits per heavy atom. The SMILES string of the molecule is CC(=O)Nc1ccc(NS(C)(=O)=O)c(C(=O)NNC(=O)c2ccccc2F)c1. The predicted octanol–water partition coefficient (Wildman–Crippen LogP) is 1.23. The number of hydrogen-bond donors (Lipinski definition) is 4. The number of halogens is 1. The number of carbonyl (C=O) groups excluding carboxylic acids is 3. The number of amides is 3. The number of hydrogen-bond acceptors (Lipinski definition) is 5. The topological polar surface area (TPSA) is 133 Å². The van der Waals surface area contributed by atoms with E-state index >= 15 is 0 Å². The first-order valence-electron chi connectivity index (χ1n) is 7.81. The van der Waals surface area contributed by atoms with Crippen LogP contribution in [0.4, 0.5) is 15.8 Å². The average Bonchev–Trinajstić information content (AvgIpc) is 2.59. The molecule has 0 saturated carbocycles. The monoisotopic (exact) mass is 408 g/mol. The first-order valence-corrected chi connectivity index (χ1v) is 9.70. The summed E-state index contributed by atoms with van der Waals surface area (Å²) in [6.07, 6.45) is 0.899. The summed E-state index contributed by atoms with van der Waals surface area (Å²) >= 11 is 0. The normalized spacial score (nSPS) is 10.7. The molecule has 11 heteroatoms. The molecule has 9 nitrogen and oxygen atoms in total. The molecule has 0 aliphatic carbocycles. The van der Waals surface area contributed by atoms with E-state index in [9.17, 15) is 27.2 Å². The van der Waals surface area contributed by atoms with Crippen LogP contribution in [0.15, 0.2) is 42.5 Å². The van der Waals surface area contributed by atoms with Crippen molar-refractivity contribution in [3.05, 3.63) is 59.4 Å². The molecule has 3 amide bonds. The van der Waals surface area contributed by atoms with Crippen molar-refractivity contribution in [1.82, 2.24) is 10.9 Å². The van der Waals surface area contributed by atoms with Crippen molar-refractivity contribution in [3.8, 4) is 0 Å². The van der Waals surface area contributed by atoms with Gasteiger partial charge in [0, 0.05) is 12.6 Å². The van der Waals surface area contributed by atoms with Crippen LogP contribution in [-0.4, -0.2) is 32.4 Å². The fourth-order valence-corrected chi connectivity index (χ4v) is 2.77. The van der Waals surface area contributed by atoms with Crippen LogP contribution in [0.5, 0.6) is 0 Å². The van der Waals surface area contributed by atoms with E-state index in [4.69, 9.17) is 0 Å². The standard InChI is InChI=1S/C17H17FN4O5S/c1-10(23)19-11-7-8-15(22-28(2,26)27)13(9-11)17(25)21-20-16(24)12-5-3-4-6-14(12)18/h3-9,22H,1-2H3,(H,19,23)(H,20,24)(H,21,25). The lowest BCUT2D eigenvalue weighted by Crippen LogP contribution is -2.42. The van der Waals surface area contributed by atoms with E-state index in [0.29, 0.717) is 0 Å². The molecule has 0 aromatic heterocycles. The maximum atomic E-state index is 13.6. The number of benzene rings is 2. The summed E-state index contributed by atoms with van der Waals surface area (Å²) in [5.41, 5.74) is 3.82. The lowest BCUT2D eigenvalue weighted by atomic mass is 10.1. The zero-order chi connectivity index (χ0) is 20.9. The van der Waals surface area contributed by atoms with E-state index in [1.54, 1.807) is 0 Å². The molecule has 0 aliphatic heterocycles. The van der Waals surface area contributed by atoms with Crippen molar-refractivity contribution in [3.63, 3.8) is 0 Å². The quantitative estimate of drug-likeness (QED) is 0.552. The molecule has 0 fully saturated rings. The first-order chi connectivity index (χ1) is 13.1. The third kappa shape index (κ3) is 5.77. The fraction of sp³-hybridized carbons (Fsp3) is 0.118. The van der Waals surface area contributed by atoms with E-state index < -0.39 is 33.6 Å². The summed E-state index contributed by atoms with van der Waals surface area (Å²) in [4.78, 5) is 35.6. The summed E-state index contributed by atoms with van der Waals surface area (Å²) in [5, 5.41) is 2.46. The van der Waals surface area contributed by atoms with E-state index in [2.05, 4.69) is 15.5 Å². The number of hydrazine groups is 1. The highest BCUT2D eigenvalue weighted by molar-refractivity contribution is 7.92. The summed E-state index contributed by atoms with van der Waals surface area (Å²) in [6.45, 7) is 1.26. The van der Waals surface area contributed by atoms with Gasteiger partial charge in [-0.2, -0.15) is 0 Å². The number of nitrogens with one attached hydrogen (secondary N) is 4. The molecule has 0 radical (unpaired) electrons. The minimum atomic E-state index is -3.70. The van der Waals surface area contributed by atoms with Crippen LogP contribution >= 0.6 is 0 Å². The second kappa shape index (κ2) is 8.48. The van der Waals surface area contributed by atoms with Crippen LogP contribution < -0.4 is 20.9 Å². The molecule has 4 N–H and O–H groups in total. The summed E-state index contributed by atoms with van der Waals surface area (Å²) in [7, 11) is -3.70. The van der Waals surface area contributed by atoms with Gasteiger partial charge in [-0.25, -0.2) is 12.8 Å². The molecule has 2 aromatic rings. The Morgan fingerprint density at radius 1 is 0.929 bits per heavy atom. The zero-order valence-corrected chi connectivity index (χ0v) is 15.7. The lowest BCUT2D eigenvalue weighted by Gasteiger charge is -2.14. The Hall–Kier alpha value is -3.47. The van der Waals surface area contributed by atoms with Gasteiger partial charge < -0.3 is 5.32 Å². The van der Waals surface area contributed by atoms with E-state index in [0.717, 1.165) is 12.3 Å². The largest absolute Gasteiger partial charge is 0.326 e. The van der Waals surface area contributed by atoms with Gasteiger partial charge in [0.1, 0.15) is 5.82 Å². The third-order valence-corrected chi connectivity index (χ3v) is 3.88. The molecular formula is C17H17FN4O5S. The zero-order valence-electron chi connectivity index (χ0n) is 14.9. The van der Waals surface area contributed by atoms with E-state index in [1.165, 1.54) is 43.3 Å². The van der Waals surface area contributed by atoms with Crippen LogP contribution in [-0.2, 0) is 14.8 Å². The van der Waals surface area contributed by atoms with E-state index in [-0.39, 0.29) is 22.5 Å². The molecule has 0 saturated heterocycles. The van der Waals surface area contributed by atoms with Crippen molar-refractivity contribution < 1.29 is 27.2 Å². The van der Waals surface area contributed by atoms with Gasteiger partial charge in [0.05, 0.1) is 23.1 Å². The summed E-state index contributed by atoms with van der Waals surface area (Å²) in [6, 6.07) is 9.06. The molecule has 0 heterocycles. The Bertz CT molecular complexity index is 1040. The number of sulfonamides is 1. The minimum Gasteiger partial charge on any atom is -0.326 e. The van der Waals surface area contributed by atoms with E-state index in [1.807, 2.05) is 5.43 Å². The molecular weight excluding hydrogens is 391 g/mol. The molecule has 0 unspecified atom stereocenters. The van der Waals surface area contributed by atoms with Crippen molar-refractivity contribution in [1.29, 1.82) is 0 Å². The van der Waals surface area contributed by atoms with Crippen LogP contribution in [0.25, 0.3) is 0 Å². The Balaban J connectivity index is 2.25. The highest BCUT2D eigenvalue weighted by atomic mass is 32.2. The smallest absolute Gasteiger partial charge is 0.272 e. The molecule has 148 valence electrons. The highest BCUT2D eigenvalue weighted by Gasteiger charge is 2.17. The lowest BCUT2D eigenvalue weighted by molar-refractivity contribution is -0.114. The van der Waals surface area contributed by atoms with Gasteiger partial charge in [0.2, 0.25) is 15.9 Å². The predicted molar refractivity (Wildman–Crippen MR) is 101 cm³/mol. The number of rotatable bonds is 5. The molecule has 0 bridgehead atoms.